The number of rotatable bonds is 21. The maximum absolute atomic E-state index is 14.3. The van der Waals surface area contributed by atoms with E-state index in [-0.39, 0.29) is 31.1 Å². The van der Waals surface area contributed by atoms with Gasteiger partial charge in [-0.05, 0) is 42.7 Å². The number of thiazole rings is 1. The lowest BCUT2D eigenvalue weighted by atomic mass is 9.82. The number of benzene rings is 2. The van der Waals surface area contributed by atoms with Gasteiger partial charge in [-0.1, -0.05) is 113 Å². The standard InChI is InChI=1S/C42H59N5O5S/c1-4-5-21-43-40(50)30(2)22-38(48)36(24-32-17-11-7-12-18-32)45-42(52)37(26-35-28-53-29-44-35)46-41(51)34(23-31-15-9-6-10-16-31)25-39(49)47(3)27-33-19-13-8-14-20-33/h6,8-10,13-16,19-20,28-30,32,34,36-38,48H,4-5,7,11-12,17-18,21-27H2,1-3H3,(H,43,50)(H,45,52)(H,46,51)/t30-,34-,36+,37+,38+/m1/s1. The fourth-order valence-electron chi connectivity index (χ4n) is 7.09. The fraction of sp³-hybridized carbons (Fsp3) is 0.548. The average molecular weight is 746 g/mol. The van der Waals surface area contributed by atoms with Gasteiger partial charge in [-0.3, -0.25) is 19.2 Å². The Morgan fingerprint density at radius 2 is 1.58 bits per heavy atom. The van der Waals surface area contributed by atoms with E-state index >= 15 is 0 Å². The third kappa shape index (κ3) is 14.3. The molecule has 288 valence electrons. The summed E-state index contributed by atoms with van der Waals surface area (Å²) in [5.74, 6) is -1.92. The Labute approximate surface area is 319 Å². The fourth-order valence-corrected chi connectivity index (χ4v) is 7.66. The van der Waals surface area contributed by atoms with Gasteiger partial charge in [0.1, 0.15) is 6.04 Å². The van der Waals surface area contributed by atoms with Crippen molar-refractivity contribution in [1.29, 1.82) is 0 Å². The summed E-state index contributed by atoms with van der Waals surface area (Å²) in [5, 5.41) is 22.5. The summed E-state index contributed by atoms with van der Waals surface area (Å²) in [6, 6.07) is 17.7. The van der Waals surface area contributed by atoms with Crippen LogP contribution < -0.4 is 16.0 Å². The molecule has 0 unspecified atom stereocenters. The summed E-state index contributed by atoms with van der Waals surface area (Å²) in [5.41, 5.74) is 4.25. The molecular formula is C42H59N5O5S. The first-order valence-electron chi connectivity index (χ1n) is 19.4. The molecule has 1 heterocycles. The molecule has 1 aliphatic carbocycles. The highest BCUT2D eigenvalue weighted by Crippen LogP contribution is 2.29. The molecule has 2 aromatic carbocycles. The third-order valence-electron chi connectivity index (χ3n) is 10.3. The smallest absolute Gasteiger partial charge is 0.243 e. The number of hydrogen-bond donors (Lipinski definition) is 4. The van der Waals surface area contributed by atoms with Crippen molar-refractivity contribution in [3.63, 3.8) is 0 Å². The predicted molar refractivity (Wildman–Crippen MR) is 210 cm³/mol. The summed E-state index contributed by atoms with van der Waals surface area (Å²) in [6.45, 7) is 4.88. The van der Waals surface area contributed by atoms with Gasteiger partial charge >= 0.3 is 0 Å². The topological polar surface area (TPSA) is 141 Å². The maximum Gasteiger partial charge on any atom is 0.243 e. The van der Waals surface area contributed by atoms with E-state index in [0.717, 1.165) is 49.7 Å². The van der Waals surface area contributed by atoms with E-state index in [1.807, 2.05) is 66.0 Å². The van der Waals surface area contributed by atoms with Gasteiger partial charge in [0.15, 0.2) is 0 Å². The molecule has 53 heavy (non-hydrogen) atoms. The number of carbonyl (C=O) groups excluding carboxylic acids is 4. The molecule has 11 heteroatoms. The molecule has 1 aliphatic rings. The van der Waals surface area contributed by atoms with Crippen molar-refractivity contribution in [2.75, 3.05) is 13.6 Å². The Hall–Kier alpha value is -4.09. The molecule has 0 spiro atoms. The summed E-state index contributed by atoms with van der Waals surface area (Å²) < 4.78 is 0. The number of hydrogen-bond acceptors (Lipinski definition) is 7. The van der Waals surface area contributed by atoms with Crippen LogP contribution >= 0.6 is 11.3 Å². The van der Waals surface area contributed by atoms with Crippen LogP contribution in [0.15, 0.2) is 71.6 Å². The van der Waals surface area contributed by atoms with E-state index in [2.05, 4.69) is 27.9 Å². The van der Waals surface area contributed by atoms with Crippen LogP contribution in [0.5, 0.6) is 0 Å². The van der Waals surface area contributed by atoms with Gasteiger partial charge in [-0.25, -0.2) is 4.98 Å². The van der Waals surface area contributed by atoms with Gasteiger partial charge in [0.2, 0.25) is 23.6 Å². The van der Waals surface area contributed by atoms with Crippen molar-refractivity contribution in [2.24, 2.45) is 17.8 Å². The van der Waals surface area contributed by atoms with Gasteiger partial charge in [0, 0.05) is 44.3 Å². The van der Waals surface area contributed by atoms with Crippen LogP contribution in [-0.4, -0.2) is 70.4 Å². The molecule has 0 aliphatic heterocycles. The normalized spacial score (nSPS) is 16.1. The lowest BCUT2D eigenvalue weighted by Crippen LogP contribution is -2.55. The number of carbonyl (C=O) groups is 4. The molecule has 0 bridgehead atoms. The highest BCUT2D eigenvalue weighted by Gasteiger charge is 2.33. The van der Waals surface area contributed by atoms with Gasteiger partial charge < -0.3 is 26.0 Å². The average Bonchev–Trinajstić information content (AvgIpc) is 3.68. The van der Waals surface area contributed by atoms with E-state index in [1.165, 1.54) is 17.8 Å². The van der Waals surface area contributed by atoms with Crippen molar-refractivity contribution in [3.8, 4) is 0 Å². The number of nitrogens with one attached hydrogen (secondary N) is 3. The van der Waals surface area contributed by atoms with Gasteiger partial charge in [-0.2, -0.15) is 0 Å². The molecule has 3 aromatic rings. The number of aliphatic hydroxyl groups excluding tert-OH is 1. The zero-order chi connectivity index (χ0) is 38.0. The van der Waals surface area contributed by atoms with Crippen molar-refractivity contribution in [2.45, 2.75) is 116 Å². The first-order valence-corrected chi connectivity index (χ1v) is 20.3. The summed E-state index contributed by atoms with van der Waals surface area (Å²) in [4.78, 5) is 60.8. The Morgan fingerprint density at radius 1 is 0.906 bits per heavy atom. The first-order chi connectivity index (χ1) is 25.6. The zero-order valence-corrected chi connectivity index (χ0v) is 32.5. The van der Waals surface area contributed by atoms with Crippen LogP contribution in [0.2, 0.25) is 0 Å². The second-order valence-corrected chi connectivity index (χ2v) is 15.5. The summed E-state index contributed by atoms with van der Waals surface area (Å²) in [6.07, 6.45) is 7.61. The highest BCUT2D eigenvalue weighted by atomic mass is 32.1. The lowest BCUT2D eigenvalue weighted by Gasteiger charge is -2.32. The van der Waals surface area contributed by atoms with E-state index in [0.29, 0.717) is 37.5 Å². The minimum Gasteiger partial charge on any atom is -0.391 e. The first kappa shape index (κ1) is 41.7. The van der Waals surface area contributed by atoms with Crippen LogP contribution in [0.1, 0.15) is 94.9 Å². The van der Waals surface area contributed by atoms with Gasteiger partial charge in [0.25, 0.3) is 0 Å². The molecule has 4 N–H and O–H groups in total. The second-order valence-electron chi connectivity index (χ2n) is 14.8. The largest absolute Gasteiger partial charge is 0.391 e. The molecule has 0 radical (unpaired) electrons. The van der Waals surface area contributed by atoms with E-state index in [9.17, 15) is 24.3 Å². The predicted octanol–water partition coefficient (Wildman–Crippen LogP) is 5.84. The number of aliphatic hydroxyl groups is 1. The third-order valence-corrected chi connectivity index (χ3v) is 10.9. The number of nitrogens with zero attached hydrogens (tertiary/aromatic N) is 2. The lowest BCUT2D eigenvalue weighted by molar-refractivity contribution is -0.137. The SMILES string of the molecule is CCCCNC(=O)[C@H](C)C[C@H](O)[C@H](CC1CCCCC1)NC(=O)[C@H](Cc1cscn1)NC(=O)[C@@H](CC(=O)N(C)Cc1ccccc1)Cc1ccccc1. The summed E-state index contributed by atoms with van der Waals surface area (Å²) in [7, 11) is 1.73. The van der Waals surface area contributed by atoms with Crippen molar-refractivity contribution < 1.29 is 24.3 Å². The molecular weight excluding hydrogens is 687 g/mol. The van der Waals surface area contributed by atoms with Crippen LogP contribution in [0.3, 0.4) is 0 Å². The van der Waals surface area contributed by atoms with E-state index in [1.54, 1.807) is 24.4 Å². The van der Waals surface area contributed by atoms with Crippen LogP contribution in [0.4, 0.5) is 0 Å². The van der Waals surface area contributed by atoms with Crippen molar-refractivity contribution in [1.82, 2.24) is 25.8 Å². The molecule has 4 rings (SSSR count). The number of amides is 4. The molecule has 10 nitrogen and oxygen atoms in total. The quantitative estimate of drug-likeness (QED) is 0.101. The van der Waals surface area contributed by atoms with Gasteiger partial charge in [0.05, 0.1) is 29.3 Å². The maximum atomic E-state index is 14.3. The van der Waals surface area contributed by atoms with Gasteiger partial charge in [-0.15, -0.1) is 11.3 Å². The van der Waals surface area contributed by atoms with E-state index < -0.39 is 41.8 Å². The Kier molecular flexibility index (Phi) is 17.5. The number of unbranched alkanes of at least 4 members (excludes halogenated alkanes) is 1. The zero-order valence-electron chi connectivity index (χ0n) is 31.7. The summed E-state index contributed by atoms with van der Waals surface area (Å²) >= 11 is 1.41. The van der Waals surface area contributed by atoms with Crippen LogP contribution in [0, 0.1) is 17.8 Å². The monoisotopic (exact) mass is 745 g/mol. The van der Waals surface area contributed by atoms with Crippen molar-refractivity contribution >= 4 is 35.0 Å². The van der Waals surface area contributed by atoms with E-state index in [4.69, 9.17) is 0 Å². The molecule has 1 fully saturated rings. The minimum atomic E-state index is -0.990. The Morgan fingerprint density at radius 3 is 2.23 bits per heavy atom. The molecule has 4 amide bonds. The molecule has 1 saturated carbocycles. The van der Waals surface area contributed by atoms with Crippen LogP contribution in [0.25, 0.3) is 0 Å². The Bertz CT molecular complexity index is 1530. The molecule has 1 aromatic heterocycles. The highest BCUT2D eigenvalue weighted by molar-refractivity contribution is 7.07. The number of aromatic nitrogens is 1. The molecule has 0 saturated heterocycles. The minimum absolute atomic E-state index is 0.0314. The second kappa shape index (κ2) is 22.2. The van der Waals surface area contributed by atoms with Crippen molar-refractivity contribution in [3.05, 3.63) is 88.4 Å². The molecule has 5 atom stereocenters. The van der Waals surface area contributed by atoms with Crippen LogP contribution in [-0.2, 0) is 38.6 Å². The Balaban J connectivity index is 1.52.